The maximum Gasteiger partial charge on any atom is 0.254 e. The van der Waals surface area contributed by atoms with Crippen LogP contribution in [0, 0.1) is 0 Å². The van der Waals surface area contributed by atoms with Crippen LogP contribution in [0.1, 0.15) is 12.8 Å². The van der Waals surface area contributed by atoms with Gasteiger partial charge >= 0.3 is 0 Å². The normalized spacial score (nSPS) is 17.5. The van der Waals surface area contributed by atoms with Gasteiger partial charge in [0.15, 0.2) is 0 Å². The minimum Gasteiger partial charge on any atom is -0.368 e. The maximum atomic E-state index is 12.5. The molecule has 1 aliphatic heterocycles. The predicted molar refractivity (Wildman–Crippen MR) is 88.2 cm³/mol. The van der Waals surface area contributed by atoms with Crippen molar-refractivity contribution in [2.45, 2.75) is 18.9 Å². The number of ether oxygens (including phenoxy) is 1. The number of hydrogen-bond donors (Lipinski definition) is 1. The molecule has 1 aromatic carbocycles. The molecule has 1 atom stereocenters. The van der Waals surface area contributed by atoms with Gasteiger partial charge in [0.1, 0.15) is 23.3 Å². The smallest absolute Gasteiger partial charge is 0.254 e. The van der Waals surface area contributed by atoms with Crippen molar-refractivity contribution in [1.29, 1.82) is 0 Å². The summed E-state index contributed by atoms with van der Waals surface area (Å²) in [6.07, 6.45) is 3.23. The van der Waals surface area contributed by atoms with Gasteiger partial charge in [-0.05, 0) is 25.0 Å². The zero-order chi connectivity index (χ0) is 15.6. The molecule has 23 heavy (non-hydrogen) atoms. The SMILES string of the molecule is O=C(Nc1c(-c2ccccc2)nc2ccccn12)C1CCCO1. The third-order valence-electron chi connectivity index (χ3n) is 4.04. The van der Waals surface area contributed by atoms with Crippen LogP contribution in [0.15, 0.2) is 54.7 Å². The number of hydrogen-bond acceptors (Lipinski definition) is 3. The quantitative estimate of drug-likeness (QED) is 0.809. The molecule has 2 aromatic heterocycles. The van der Waals surface area contributed by atoms with E-state index in [-0.39, 0.29) is 12.0 Å². The van der Waals surface area contributed by atoms with E-state index in [1.807, 2.05) is 59.1 Å². The fraction of sp³-hybridized carbons (Fsp3) is 0.222. The van der Waals surface area contributed by atoms with E-state index in [1.165, 1.54) is 0 Å². The molecular formula is C18H17N3O2. The number of carbonyl (C=O) groups is 1. The largest absolute Gasteiger partial charge is 0.368 e. The van der Waals surface area contributed by atoms with Crippen molar-refractivity contribution in [3.8, 4) is 11.3 Å². The lowest BCUT2D eigenvalue weighted by atomic mass is 10.1. The third kappa shape index (κ3) is 2.59. The zero-order valence-corrected chi connectivity index (χ0v) is 12.6. The summed E-state index contributed by atoms with van der Waals surface area (Å²) in [5.41, 5.74) is 2.54. The Labute approximate surface area is 133 Å². The Morgan fingerprint density at radius 1 is 1.17 bits per heavy atom. The van der Waals surface area contributed by atoms with E-state index in [2.05, 4.69) is 10.3 Å². The van der Waals surface area contributed by atoms with Gasteiger partial charge in [-0.2, -0.15) is 0 Å². The number of fused-ring (bicyclic) bond motifs is 1. The molecule has 4 rings (SSSR count). The molecule has 3 heterocycles. The second-order valence-electron chi connectivity index (χ2n) is 5.59. The van der Waals surface area contributed by atoms with Crippen LogP contribution in [-0.2, 0) is 9.53 Å². The van der Waals surface area contributed by atoms with Crippen molar-refractivity contribution in [1.82, 2.24) is 9.38 Å². The number of nitrogens with one attached hydrogen (secondary N) is 1. The lowest BCUT2D eigenvalue weighted by Crippen LogP contribution is -2.27. The van der Waals surface area contributed by atoms with E-state index >= 15 is 0 Å². The highest BCUT2D eigenvalue weighted by Crippen LogP contribution is 2.29. The van der Waals surface area contributed by atoms with Crippen molar-refractivity contribution >= 4 is 17.4 Å². The van der Waals surface area contributed by atoms with Crippen LogP contribution in [0.2, 0.25) is 0 Å². The number of pyridine rings is 1. The van der Waals surface area contributed by atoms with E-state index in [1.54, 1.807) is 0 Å². The number of anilines is 1. The van der Waals surface area contributed by atoms with Crippen LogP contribution in [0.5, 0.6) is 0 Å². The Bertz CT molecular complexity index is 836. The number of carbonyl (C=O) groups excluding carboxylic acids is 1. The predicted octanol–water partition coefficient (Wildman–Crippen LogP) is 3.12. The highest BCUT2D eigenvalue weighted by atomic mass is 16.5. The molecule has 0 radical (unpaired) electrons. The summed E-state index contributed by atoms with van der Waals surface area (Å²) >= 11 is 0. The molecule has 3 aromatic rings. The number of rotatable bonds is 3. The highest BCUT2D eigenvalue weighted by molar-refractivity contribution is 5.97. The van der Waals surface area contributed by atoms with Crippen LogP contribution in [0.3, 0.4) is 0 Å². The third-order valence-corrected chi connectivity index (χ3v) is 4.04. The highest BCUT2D eigenvalue weighted by Gasteiger charge is 2.25. The van der Waals surface area contributed by atoms with Crippen molar-refractivity contribution in [2.75, 3.05) is 11.9 Å². The molecule has 5 nitrogen and oxygen atoms in total. The first-order chi connectivity index (χ1) is 11.3. The zero-order valence-electron chi connectivity index (χ0n) is 12.6. The molecule has 1 saturated heterocycles. The Morgan fingerprint density at radius 2 is 2.00 bits per heavy atom. The topological polar surface area (TPSA) is 55.6 Å². The maximum absolute atomic E-state index is 12.5. The molecule has 1 fully saturated rings. The standard InChI is InChI=1S/C18H17N3O2/c22-18(14-9-6-12-23-14)20-17-16(13-7-2-1-3-8-13)19-15-10-4-5-11-21(15)17/h1-5,7-8,10-11,14H,6,9,12H2,(H,20,22). The first-order valence-electron chi connectivity index (χ1n) is 7.78. The van der Waals surface area contributed by atoms with Gasteiger partial charge in [-0.15, -0.1) is 0 Å². The Kier molecular flexibility index (Phi) is 3.55. The molecular weight excluding hydrogens is 290 g/mol. The summed E-state index contributed by atoms with van der Waals surface area (Å²) in [4.78, 5) is 17.1. The lowest BCUT2D eigenvalue weighted by molar-refractivity contribution is -0.124. The molecule has 1 aliphatic rings. The van der Waals surface area contributed by atoms with E-state index in [0.717, 1.165) is 29.7 Å². The number of nitrogens with zero attached hydrogens (tertiary/aromatic N) is 2. The molecule has 0 bridgehead atoms. The Hall–Kier alpha value is -2.66. The summed E-state index contributed by atoms with van der Waals surface area (Å²) in [6, 6.07) is 15.6. The molecule has 1 amide bonds. The van der Waals surface area contributed by atoms with Crippen LogP contribution >= 0.6 is 0 Å². The summed E-state index contributed by atoms with van der Waals surface area (Å²) in [5, 5.41) is 3.01. The number of imidazole rings is 1. The van der Waals surface area contributed by atoms with Gasteiger partial charge in [0.2, 0.25) is 0 Å². The minimum atomic E-state index is -0.368. The molecule has 0 saturated carbocycles. The van der Waals surface area contributed by atoms with Gasteiger partial charge in [-0.3, -0.25) is 9.20 Å². The van der Waals surface area contributed by atoms with Crippen LogP contribution in [0.25, 0.3) is 16.9 Å². The van der Waals surface area contributed by atoms with E-state index < -0.39 is 0 Å². The summed E-state index contributed by atoms with van der Waals surface area (Å²) in [6.45, 7) is 0.650. The molecule has 0 spiro atoms. The number of aromatic nitrogens is 2. The van der Waals surface area contributed by atoms with E-state index in [0.29, 0.717) is 12.4 Å². The van der Waals surface area contributed by atoms with E-state index in [4.69, 9.17) is 4.74 Å². The van der Waals surface area contributed by atoms with Crippen molar-refractivity contribution in [2.24, 2.45) is 0 Å². The molecule has 116 valence electrons. The summed E-state index contributed by atoms with van der Waals surface area (Å²) in [7, 11) is 0. The van der Waals surface area contributed by atoms with Gasteiger partial charge < -0.3 is 10.1 Å². The average molecular weight is 307 g/mol. The molecule has 1 unspecified atom stereocenters. The molecule has 0 aliphatic carbocycles. The molecule has 5 heteroatoms. The Balaban J connectivity index is 1.78. The number of benzene rings is 1. The van der Waals surface area contributed by atoms with Crippen LogP contribution < -0.4 is 5.32 Å². The first-order valence-corrected chi connectivity index (χ1v) is 7.78. The molecule has 1 N–H and O–H groups in total. The van der Waals surface area contributed by atoms with E-state index in [9.17, 15) is 4.79 Å². The van der Waals surface area contributed by atoms with Crippen molar-refractivity contribution in [3.05, 3.63) is 54.7 Å². The fourth-order valence-electron chi connectivity index (χ4n) is 2.89. The number of amides is 1. The van der Waals surface area contributed by atoms with Gasteiger partial charge in [-0.25, -0.2) is 4.98 Å². The monoisotopic (exact) mass is 307 g/mol. The van der Waals surface area contributed by atoms with Gasteiger partial charge in [0.25, 0.3) is 5.91 Å². The van der Waals surface area contributed by atoms with Crippen LogP contribution in [-0.4, -0.2) is 28.0 Å². The van der Waals surface area contributed by atoms with Crippen molar-refractivity contribution < 1.29 is 9.53 Å². The van der Waals surface area contributed by atoms with Crippen molar-refractivity contribution in [3.63, 3.8) is 0 Å². The second-order valence-corrected chi connectivity index (χ2v) is 5.59. The lowest BCUT2D eigenvalue weighted by Gasteiger charge is -2.11. The average Bonchev–Trinajstić information content (AvgIpc) is 3.24. The Morgan fingerprint density at radius 3 is 2.78 bits per heavy atom. The first kappa shape index (κ1) is 14.0. The van der Waals surface area contributed by atoms with Gasteiger partial charge in [0, 0.05) is 18.4 Å². The minimum absolute atomic E-state index is 0.106. The fourth-order valence-corrected chi connectivity index (χ4v) is 2.89. The summed E-state index contributed by atoms with van der Waals surface area (Å²) < 4.78 is 7.38. The van der Waals surface area contributed by atoms with Gasteiger partial charge in [-0.1, -0.05) is 36.4 Å². The summed E-state index contributed by atoms with van der Waals surface area (Å²) in [5.74, 6) is 0.581. The van der Waals surface area contributed by atoms with Gasteiger partial charge in [0.05, 0.1) is 0 Å². The van der Waals surface area contributed by atoms with Crippen LogP contribution in [0.4, 0.5) is 5.82 Å². The second kappa shape index (κ2) is 5.85.